The van der Waals surface area contributed by atoms with Crippen molar-refractivity contribution in [3.8, 4) is 0 Å². The molecule has 0 rings (SSSR count). The molecule has 5 nitrogen and oxygen atoms in total. The van der Waals surface area contributed by atoms with E-state index in [4.69, 9.17) is 5.11 Å². The summed E-state index contributed by atoms with van der Waals surface area (Å²) in [4.78, 5) is 10.4. The average Bonchev–Trinajstić information content (AvgIpc) is 2.11. The van der Waals surface area contributed by atoms with Crippen molar-refractivity contribution in [2.24, 2.45) is 0 Å². The van der Waals surface area contributed by atoms with Gasteiger partial charge in [-0.15, -0.1) is 0 Å². The van der Waals surface area contributed by atoms with Gasteiger partial charge in [-0.25, -0.2) is 13.1 Å². The van der Waals surface area contributed by atoms with Crippen LogP contribution in [-0.4, -0.2) is 43.3 Å². The molecule has 0 fully saturated rings. The number of rotatable bonds is 7. The van der Waals surface area contributed by atoms with Crippen molar-refractivity contribution in [2.75, 3.05) is 18.6 Å². The molecule has 0 aromatic carbocycles. The van der Waals surface area contributed by atoms with Gasteiger partial charge in [0.05, 0.1) is 0 Å². The van der Waals surface area contributed by atoms with Gasteiger partial charge in [0.25, 0.3) is 0 Å². The molecule has 0 saturated carbocycles. The Morgan fingerprint density at radius 3 is 2.57 bits per heavy atom. The second-order valence-corrected chi connectivity index (χ2v) is 5.84. The van der Waals surface area contributed by atoms with Gasteiger partial charge in [-0.05, 0) is 25.4 Å². The lowest BCUT2D eigenvalue weighted by Crippen LogP contribution is -2.38. The molecule has 7 heteroatoms. The van der Waals surface area contributed by atoms with Crippen LogP contribution in [0.2, 0.25) is 0 Å². The molecule has 0 spiro atoms. The van der Waals surface area contributed by atoms with Crippen molar-refractivity contribution in [3.05, 3.63) is 0 Å². The lowest BCUT2D eigenvalue weighted by molar-refractivity contribution is -0.136. The number of hydrogen-bond acceptors (Lipinski definition) is 4. The first-order valence-electron chi connectivity index (χ1n) is 4.12. The van der Waals surface area contributed by atoms with E-state index >= 15 is 0 Å². The lowest BCUT2D eigenvalue weighted by atomic mass is 10.5. The van der Waals surface area contributed by atoms with Crippen LogP contribution >= 0.6 is 11.8 Å². The molecule has 0 bridgehead atoms. The molecule has 0 amide bonds. The number of carboxylic acids is 1. The van der Waals surface area contributed by atoms with E-state index in [9.17, 15) is 13.2 Å². The van der Waals surface area contributed by atoms with Gasteiger partial charge in [0, 0.05) is 6.54 Å². The van der Waals surface area contributed by atoms with Gasteiger partial charge in [-0.3, -0.25) is 4.79 Å². The molecule has 0 radical (unpaired) electrons. The number of thioether (sulfide) groups is 1. The van der Waals surface area contributed by atoms with Gasteiger partial charge in [0.15, 0.2) is 5.25 Å². The number of carboxylic acid groups (broad SMARTS) is 1. The Morgan fingerprint density at radius 2 is 2.14 bits per heavy atom. The minimum atomic E-state index is -3.70. The third-order valence-electron chi connectivity index (χ3n) is 1.64. The van der Waals surface area contributed by atoms with Gasteiger partial charge in [0.1, 0.15) is 0 Å². The molecule has 1 atom stereocenters. The Hall–Kier alpha value is -0.270. The molecule has 0 heterocycles. The van der Waals surface area contributed by atoms with Crippen molar-refractivity contribution in [1.82, 2.24) is 4.72 Å². The zero-order chi connectivity index (χ0) is 11.2. The highest BCUT2D eigenvalue weighted by Crippen LogP contribution is 1.99. The maximum Gasteiger partial charge on any atom is 0.323 e. The summed E-state index contributed by atoms with van der Waals surface area (Å²) in [7, 11) is -3.70. The van der Waals surface area contributed by atoms with Crippen LogP contribution in [0.25, 0.3) is 0 Å². The van der Waals surface area contributed by atoms with E-state index in [1.807, 2.05) is 6.26 Å². The van der Waals surface area contributed by atoms with E-state index in [0.717, 1.165) is 12.7 Å². The van der Waals surface area contributed by atoms with Crippen LogP contribution in [0.5, 0.6) is 0 Å². The van der Waals surface area contributed by atoms with Gasteiger partial charge in [-0.2, -0.15) is 11.8 Å². The smallest absolute Gasteiger partial charge is 0.323 e. The Bertz CT molecular complexity index is 275. The summed E-state index contributed by atoms with van der Waals surface area (Å²) in [5, 5.41) is 7.11. The first kappa shape index (κ1) is 13.7. The molecule has 2 N–H and O–H groups in total. The van der Waals surface area contributed by atoms with Crippen molar-refractivity contribution < 1.29 is 18.3 Å². The Kier molecular flexibility index (Phi) is 6.14. The third kappa shape index (κ3) is 4.83. The minimum Gasteiger partial charge on any atom is -0.480 e. The summed E-state index contributed by atoms with van der Waals surface area (Å²) in [5.74, 6) is -0.480. The zero-order valence-corrected chi connectivity index (χ0v) is 9.82. The minimum absolute atomic E-state index is 0.292. The van der Waals surface area contributed by atoms with Crippen LogP contribution < -0.4 is 4.72 Å². The number of nitrogens with one attached hydrogen (secondary N) is 1. The monoisotopic (exact) mass is 241 g/mol. The summed E-state index contributed by atoms with van der Waals surface area (Å²) in [6, 6.07) is 0. The Morgan fingerprint density at radius 1 is 1.57 bits per heavy atom. The molecule has 0 aliphatic rings. The molecule has 1 unspecified atom stereocenters. The van der Waals surface area contributed by atoms with Crippen LogP contribution in [0.1, 0.15) is 13.3 Å². The molecule has 0 aliphatic carbocycles. The largest absolute Gasteiger partial charge is 0.480 e. The number of aliphatic carboxylic acids is 1. The molecule has 0 saturated heterocycles. The lowest BCUT2D eigenvalue weighted by Gasteiger charge is -2.09. The summed E-state index contributed by atoms with van der Waals surface area (Å²) in [6.45, 7) is 1.44. The topological polar surface area (TPSA) is 83.5 Å². The van der Waals surface area contributed by atoms with Crippen molar-refractivity contribution in [2.45, 2.75) is 18.6 Å². The van der Waals surface area contributed by atoms with E-state index < -0.39 is 21.2 Å². The summed E-state index contributed by atoms with van der Waals surface area (Å²) < 4.78 is 24.7. The highest BCUT2D eigenvalue weighted by molar-refractivity contribution is 7.98. The van der Waals surface area contributed by atoms with Crippen LogP contribution in [0.3, 0.4) is 0 Å². The van der Waals surface area contributed by atoms with E-state index in [1.54, 1.807) is 11.8 Å². The zero-order valence-electron chi connectivity index (χ0n) is 8.19. The van der Waals surface area contributed by atoms with Crippen LogP contribution in [0, 0.1) is 0 Å². The molecule has 0 aromatic heterocycles. The van der Waals surface area contributed by atoms with Crippen molar-refractivity contribution in [3.63, 3.8) is 0 Å². The Balaban J connectivity index is 4.02. The van der Waals surface area contributed by atoms with Gasteiger partial charge >= 0.3 is 5.97 Å². The molecule has 0 aromatic rings. The van der Waals surface area contributed by atoms with Crippen molar-refractivity contribution in [1.29, 1.82) is 0 Å². The quantitative estimate of drug-likeness (QED) is 0.619. The van der Waals surface area contributed by atoms with Gasteiger partial charge in [0.2, 0.25) is 10.0 Å². The predicted octanol–water partition coefficient (Wildman–Crippen LogP) is 0.132. The molecule has 14 heavy (non-hydrogen) atoms. The predicted molar refractivity (Wildman–Crippen MR) is 57.0 cm³/mol. The molecule has 84 valence electrons. The van der Waals surface area contributed by atoms with E-state index in [2.05, 4.69) is 4.72 Å². The fraction of sp³-hybridized carbons (Fsp3) is 0.857. The fourth-order valence-corrected chi connectivity index (χ4v) is 2.07. The van der Waals surface area contributed by atoms with Crippen LogP contribution in [0.15, 0.2) is 0 Å². The summed E-state index contributed by atoms with van der Waals surface area (Å²) in [5.41, 5.74) is 0. The van der Waals surface area contributed by atoms with E-state index in [1.165, 1.54) is 0 Å². The standard InChI is InChI=1S/C7H15NO4S2/c1-6(7(9)10)14(11,12)8-4-3-5-13-2/h6,8H,3-5H2,1-2H3,(H,9,10). The Labute approximate surface area is 88.3 Å². The molecular weight excluding hydrogens is 226 g/mol. The van der Waals surface area contributed by atoms with E-state index in [-0.39, 0.29) is 0 Å². The van der Waals surface area contributed by atoms with Crippen molar-refractivity contribution >= 4 is 27.8 Å². The molecule has 0 aliphatic heterocycles. The second kappa shape index (κ2) is 6.26. The second-order valence-electron chi connectivity index (χ2n) is 2.77. The maximum absolute atomic E-state index is 11.2. The maximum atomic E-state index is 11.2. The summed E-state index contributed by atoms with van der Waals surface area (Å²) >= 11 is 1.62. The van der Waals surface area contributed by atoms with Crippen LogP contribution in [-0.2, 0) is 14.8 Å². The first-order valence-corrected chi connectivity index (χ1v) is 7.06. The highest BCUT2D eigenvalue weighted by Gasteiger charge is 2.26. The number of carbonyl (C=O) groups is 1. The summed E-state index contributed by atoms with van der Waals surface area (Å²) in [6.07, 6.45) is 2.63. The number of hydrogen-bond donors (Lipinski definition) is 2. The van der Waals surface area contributed by atoms with Crippen LogP contribution in [0.4, 0.5) is 0 Å². The number of sulfonamides is 1. The molecular formula is C7H15NO4S2. The van der Waals surface area contributed by atoms with Gasteiger partial charge < -0.3 is 5.11 Å². The average molecular weight is 241 g/mol. The fourth-order valence-electron chi connectivity index (χ4n) is 0.689. The first-order chi connectivity index (χ1) is 6.41. The SMILES string of the molecule is CSCCCNS(=O)(=O)C(C)C(=O)O. The third-order valence-corrected chi connectivity index (χ3v) is 4.08. The van der Waals surface area contributed by atoms with E-state index in [0.29, 0.717) is 13.0 Å². The normalized spacial score (nSPS) is 13.9. The highest BCUT2D eigenvalue weighted by atomic mass is 32.2. The van der Waals surface area contributed by atoms with Gasteiger partial charge in [-0.1, -0.05) is 0 Å².